The zero-order chi connectivity index (χ0) is 13.7. The van der Waals surface area contributed by atoms with Gasteiger partial charge in [0.15, 0.2) is 0 Å². The average Bonchev–Trinajstić information content (AvgIpc) is 2.47. The Labute approximate surface area is 113 Å². The van der Waals surface area contributed by atoms with Crippen molar-refractivity contribution >= 4 is 0 Å². The van der Waals surface area contributed by atoms with E-state index in [0.29, 0.717) is 12.4 Å². The van der Waals surface area contributed by atoms with Crippen LogP contribution in [0.4, 0.5) is 0 Å². The van der Waals surface area contributed by atoms with Crippen LogP contribution in [0.2, 0.25) is 0 Å². The van der Waals surface area contributed by atoms with Gasteiger partial charge in [0.05, 0.1) is 26.0 Å². The lowest BCUT2D eigenvalue weighted by Gasteiger charge is -2.18. The molecule has 0 bridgehead atoms. The number of nitrogens with zero attached hydrogens (tertiary/aromatic N) is 1. The van der Waals surface area contributed by atoms with Crippen molar-refractivity contribution in [3.8, 4) is 11.5 Å². The van der Waals surface area contributed by atoms with E-state index in [1.54, 1.807) is 19.5 Å². The summed E-state index contributed by atoms with van der Waals surface area (Å²) < 4.78 is 10.9. The van der Waals surface area contributed by atoms with Crippen LogP contribution >= 0.6 is 0 Å². The normalized spacial score (nSPS) is 11.9. The molecule has 1 atom stereocenters. The number of ether oxygens (including phenoxy) is 2. The molecule has 0 fully saturated rings. The van der Waals surface area contributed by atoms with Crippen LogP contribution < -0.4 is 15.2 Å². The maximum absolute atomic E-state index is 6.34. The predicted molar refractivity (Wildman–Crippen MR) is 74.4 cm³/mol. The summed E-state index contributed by atoms with van der Waals surface area (Å²) in [5.41, 5.74) is 8.17. The summed E-state index contributed by atoms with van der Waals surface area (Å²) in [6, 6.07) is 9.34. The molecule has 1 aromatic carbocycles. The standard InChI is InChI=1S/C15H18N2O2/c1-3-19-13-7-5-4-6-11(13)15(16)12-8-9-17-10-14(12)18-2/h4-10,15H,3,16H2,1-2H3. The Morgan fingerprint density at radius 2 is 1.89 bits per heavy atom. The fraction of sp³-hybridized carbons (Fsp3) is 0.267. The van der Waals surface area contributed by atoms with Gasteiger partial charge in [0.25, 0.3) is 0 Å². The number of rotatable bonds is 5. The van der Waals surface area contributed by atoms with Crippen LogP contribution in [0.3, 0.4) is 0 Å². The number of pyridine rings is 1. The number of hydrogen-bond donors (Lipinski definition) is 1. The summed E-state index contributed by atoms with van der Waals surface area (Å²) in [5, 5.41) is 0. The molecule has 2 aromatic rings. The molecule has 0 aliphatic rings. The van der Waals surface area contributed by atoms with Gasteiger partial charge in [0.2, 0.25) is 0 Å². The first-order valence-corrected chi connectivity index (χ1v) is 6.23. The van der Waals surface area contributed by atoms with E-state index in [9.17, 15) is 0 Å². The number of para-hydroxylation sites is 1. The minimum atomic E-state index is -0.305. The molecule has 1 aromatic heterocycles. The van der Waals surface area contributed by atoms with Crippen molar-refractivity contribution in [1.82, 2.24) is 4.98 Å². The molecule has 0 saturated carbocycles. The first-order valence-electron chi connectivity index (χ1n) is 6.23. The highest BCUT2D eigenvalue weighted by Gasteiger charge is 2.17. The van der Waals surface area contributed by atoms with Gasteiger partial charge in [0.1, 0.15) is 11.5 Å². The molecular formula is C15H18N2O2. The fourth-order valence-electron chi connectivity index (χ4n) is 2.01. The van der Waals surface area contributed by atoms with Crippen molar-refractivity contribution in [2.75, 3.05) is 13.7 Å². The minimum absolute atomic E-state index is 0.305. The molecule has 0 aliphatic carbocycles. The van der Waals surface area contributed by atoms with Gasteiger partial charge in [-0.05, 0) is 19.1 Å². The monoisotopic (exact) mass is 258 g/mol. The topological polar surface area (TPSA) is 57.4 Å². The van der Waals surface area contributed by atoms with Crippen molar-refractivity contribution in [2.24, 2.45) is 5.73 Å². The van der Waals surface area contributed by atoms with E-state index in [0.717, 1.165) is 16.9 Å². The largest absolute Gasteiger partial charge is 0.495 e. The van der Waals surface area contributed by atoms with Gasteiger partial charge in [-0.15, -0.1) is 0 Å². The predicted octanol–water partition coefficient (Wildman–Crippen LogP) is 2.54. The van der Waals surface area contributed by atoms with Crippen molar-refractivity contribution in [1.29, 1.82) is 0 Å². The maximum atomic E-state index is 6.34. The number of methoxy groups -OCH3 is 1. The molecule has 0 radical (unpaired) electrons. The average molecular weight is 258 g/mol. The van der Waals surface area contributed by atoms with Gasteiger partial charge in [0, 0.05) is 17.3 Å². The number of hydrogen-bond acceptors (Lipinski definition) is 4. The molecule has 1 heterocycles. The lowest BCUT2D eigenvalue weighted by molar-refractivity contribution is 0.335. The van der Waals surface area contributed by atoms with Crippen LogP contribution in [0, 0.1) is 0 Å². The molecule has 4 heteroatoms. The molecule has 4 nitrogen and oxygen atoms in total. The summed E-state index contributed by atoms with van der Waals surface area (Å²) in [6.07, 6.45) is 3.37. The Morgan fingerprint density at radius 3 is 2.63 bits per heavy atom. The molecule has 0 amide bonds. The van der Waals surface area contributed by atoms with Crippen molar-refractivity contribution in [3.63, 3.8) is 0 Å². The van der Waals surface area contributed by atoms with Gasteiger partial charge in [-0.1, -0.05) is 18.2 Å². The van der Waals surface area contributed by atoms with Crippen molar-refractivity contribution in [3.05, 3.63) is 53.9 Å². The summed E-state index contributed by atoms with van der Waals surface area (Å²) in [4.78, 5) is 4.04. The van der Waals surface area contributed by atoms with Crippen molar-refractivity contribution < 1.29 is 9.47 Å². The second-order valence-corrected chi connectivity index (χ2v) is 4.07. The molecule has 19 heavy (non-hydrogen) atoms. The van der Waals surface area contributed by atoms with Crippen LogP contribution in [0.15, 0.2) is 42.7 Å². The SMILES string of the molecule is CCOc1ccccc1C(N)c1ccncc1OC. The lowest BCUT2D eigenvalue weighted by atomic mass is 9.99. The Morgan fingerprint density at radius 1 is 1.16 bits per heavy atom. The van der Waals surface area contributed by atoms with Gasteiger partial charge in [-0.2, -0.15) is 0 Å². The molecule has 1 unspecified atom stereocenters. The Hall–Kier alpha value is -2.07. The quantitative estimate of drug-likeness (QED) is 0.895. The second-order valence-electron chi connectivity index (χ2n) is 4.07. The third-order valence-electron chi connectivity index (χ3n) is 2.93. The van der Waals surface area contributed by atoms with E-state index < -0.39 is 0 Å². The first kappa shape index (κ1) is 13.4. The van der Waals surface area contributed by atoms with Crippen LogP contribution in [0.1, 0.15) is 24.1 Å². The number of aromatic nitrogens is 1. The van der Waals surface area contributed by atoms with Crippen LogP contribution in [-0.4, -0.2) is 18.7 Å². The first-order chi connectivity index (χ1) is 9.27. The van der Waals surface area contributed by atoms with E-state index in [4.69, 9.17) is 15.2 Å². The van der Waals surface area contributed by atoms with Gasteiger partial charge in [-0.3, -0.25) is 4.98 Å². The summed E-state index contributed by atoms with van der Waals surface area (Å²) in [5.74, 6) is 1.48. The molecule has 0 spiro atoms. The fourth-order valence-corrected chi connectivity index (χ4v) is 2.01. The maximum Gasteiger partial charge on any atom is 0.142 e. The molecule has 2 rings (SSSR count). The molecule has 100 valence electrons. The summed E-state index contributed by atoms with van der Waals surface area (Å²) >= 11 is 0. The third kappa shape index (κ3) is 2.85. The van der Waals surface area contributed by atoms with Gasteiger partial charge in [-0.25, -0.2) is 0 Å². The molecule has 2 N–H and O–H groups in total. The van der Waals surface area contributed by atoms with E-state index >= 15 is 0 Å². The lowest BCUT2D eigenvalue weighted by Crippen LogP contribution is -2.14. The van der Waals surface area contributed by atoms with Crippen LogP contribution in [-0.2, 0) is 0 Å². The van der Waals surface area contributed by atoms with Gasteiger partial charge < -0.3 is 15.2 Å². The minimum Gasteiger partial charge on any atom is -0.495 e. The zero-order valence-corrected chi connectivity index (χ0v) is 11.2. The Balaban J connectivity index is 2.41. The highest BCUT2D eigenvalue weighted by atomic mass is 16.5. The van der Waals surface area contributed by atoms with Crippen LogP contribution in [0.25, 0.3) is 0 Å². The number of benzene rings is 1. The Bertz CT molecular complexity index is 543. The highest BCUT2D eigenvalue weighted by Crippen LogP contribution is 2.32. The van der Waals surface area contributed by atoms with Gasteiger partial charge >= 0.3 is 0 Å². The van der Waals surface area contributed by atoms with E-state index in [1.165, 1.54) is 0 Å². The summed E-state index contributed by atoms with van der Waals surface area (Å²) in [7, 11) is 1.61. The number of nitrogens with two attached hydrogens (primary N) is 1. The highest BCUT2D eigenvalue weighted by molar-refractivity contribution is 5.45. The zero-order valence-electron chi connectivity index (χ0n) is 11.2. The Kier molecular flexibility index (Phi) is 4.36. The van der Waals surface area contributed by atoms with E-state index in [1.807, 2.05) is 37.3 Å². The van der Waals surface area contributed by atoms with E-state index in [-0.39, 0.29) is 6.04 Å². The third-order valence-corrected chi connectivity index (χ3v) is 2.93. The second kappa shape index (κ2) is 6.20. The summed E-state index contributed by atoms with van der Waals surface area (Å²) in [6.45, 7) is 2.56. The smallest absolute Gasteiger partial charge is 0.142 e. The molecule has 0 aliphatic heterocycles. The van der Waals surface area contributed by atoms with E-state index in [2.05, 4.69) is 4.98 Å². The molecule has 0 saturated heterocycles. The van der Waals surface area contributed by atoms with Crippen LogP contribution in [0.5, 0.6) is 11.5 Å². The van der Waals surface area contributed by atoms with Crippen molar-refractivity contribution in [2.45, 2.75) is 13.0 Å². The molecular weight excluding hydrogens is 240 g/mol.